The molecule has 6 aromatic rings. The highest BCUT2D eigenvalue weighted by atomic mass is 19.1. The number of hydrogen-bond acceptors (Lipinski definition) is 8. The van der Waals surface area contributed by atoms with Gasteiger partial charge in [0.2, 0.25) is 0 Å². The molecule has 0 bridgehead atoms. The van der Waals surface area contributed by atoms with Gasteiger partial charge in [-0.1, -0.05) is 0 Å². The molecule has 0 spiro atoms. The van der Waals surface area contributed by atoms with Crippen molar-refractivity contribution in [3.8, 4) is 23.0 Å². The molecule has 8 rings (SSSR count). The third kappa shape index (κ3) is 5.19. The number of fused-ring (bicyclic) bond motifs is 6. The molecule has 2 aliphatic heterocycles. The summed E-state index contributed by atoms with van der Waals surface area (Å²) in [5, 5.41) is 33.7. The van der Waals surface area contributed by atoms with E-state index in [4.69, 9.17) is 9.47 Å². The molecule has 4 aromatic carbocycles. The Morgan fingerprint density at radius 3 is 2.15 bits per heavy atom. The topological polar surface area (TPSA) is 126 Å². The molecule has 0 amide bonds. The van der Waals surface area contributed by atoms with Gasteiger partial charge in [-0.25, -0.2) is 4.39 Å². The summed E-state index contributed by atoms with van der Waals surface area (Å²) in [5.41, 5.74) is 0.323. The Morgan fingerprint density at radius 2 is 1.38 bits per heavy atom. The molecule has 246 valence electrons. The van der Waals surface area contributed by atoms with E-state index in [0.717, 1.165) is 24.3 Å². The van der Waals surface area contributed by atoms with Crippen LogP contribution in [0.5, 0.6) is 23.0 Å². The van der Waals surface area contributed by atoms with Crippen LogP contribution in [0.15, 0.2) is 76.3 Å². The lowest BCUT2D eigenvalue weighted by atomic mass is 10.0. The van der Waals surface area contributed by atoms with E-state index in [1.807, 2.05) is 0 Å². The van der Waals surface area contributed by atoms with E-state index in [2.05, 4.69) is 4.90 Å². The summed E-state index contributed by atoms with van der Waals surface area (Å²) in [7, 11) is 0. The number of piperidine rings is 1. The first-order chi connectivity index (χ1) is 23.2. The first-order valence-corrected chi connectivity index (χ1v) is 16.2. The van der Waals surface area contributed by atoms with Gasteiger partial charge in [0.25, 0.3) is 11.1 Å². The summed E-state index contributed by atoms with van der Waals surface area (Å²) in [6.07, 6.45) is 2.59. The van der Waals surface area contributed by atoms with Crippen LogP contribution in [0.2, 0.25) is 0 Å². The van der Waals surface area contributed by atoms with Crippen molar-refractivity contribution in [2.45, 2.75) is 44.5 Å². The number of phenols is 3. The fourth-order valence-electron chi connectivity index (χ4n) is 7.44. The summed E-state index contributed by atoms with van der Waals surface area (Å²) in [5.74, 6) is -0.327. The molecule has 11 heteroatoms. The fraction of sp³-hybridized carbons (Fsp3) is 0.297. The van der Waals surface area contributed by atoms with Crippen LogP contribution in [0.3, 0.4) is 0 Å². The largest absolute Gasteiger partial charge is 0.508 e. The highest BCUT2D eigenvalue weighted by Gasteiger charge is 2.26. The van der Waals surface area contributed by atoms with Gasteiger partial charge < -0.3 is 29.4 Å². The van der Waals surface area contributed by atoms with E-state index in [9.17, 15) is 24.9 Å². The van der Waals surface area contributed by atoms with Crippen molar-refractivity contribution in [2.75, 3.05) is 26.3 Å². The number of phenolic OH excluding ortho intramolecular Hbond substituents is 3. The van der Waals surface area contributed by atoms with Crippen LogP contribution in [0.4, 0.5) is 4.39 Å². The van der Waals surface area contributed by atoms with E-state index in [0.29, 0.717) is 72.0 Å². The Kier molecular flexibility index (Phi) is 7.45. The maximum atomic E-state index is 15.5. The van der Waals surface area contributed by atoms with Crippen LogP contribution in [-0.2, 0) is 11.4 Å². The van der Waals surface area contributed by atoms with Gasteiger partial charge in [0.1, 0.15) is 34.9 Å². The number of pyridine rings is 2. The quantitative estimate of drug-likeness (QED) is 0.202. The van der Waals surface area contributed by atoms with Gasteiger partial charge in [-0.15, -0.1) is 0 Å². The molecule has 2 fully saturated rings. The van der Waals surface area contributed by atoms with Crippen molar-refractivity contribution in [2.24, 2.45) is 0 Å². The van der Waals surface area contributed by atoms with Gasteiger partial charge in [0.15, 0.2) is 0 Å². The van der Waals surface area contributed by atoms with Crippen LogP contribution in [-0.4, -0.2) is 61.8 Å². The van der Waals surface area contributed by atoms with Crippen molar-refractivity contribution in [1.29, 1.82) is 0 Å². The smallest absolute Gasteiger partial charge is 0.260 e. The van der Waals surface area contributed by atoms with E-state index >= 15 is 4.39 Å². The van der Waals surface area contributed by atoms with Crippen molar-refractivity contribution in [3.05, 3.63) is 93.3 Å². The van der Waals surface area contributed by atoms with E-state index in [1.54, 1.807) is 53.1 Å². The molecule has 48 heavy (non-hydrogen) atoms. The number of benzene rings is 4. The minimum atomic E-state index is -0.627. The molecule has 3 N–H and O–H groups in total. The molecule has 10 nitrogen and oxygen atoms in total. The zero-order valence-electron chi connectivity index (χ0n) is 26.1. The second-order valence-corrected chi connectivity index (χ2v) is 12.8. The van der Waals surface area contributed by atoms with Crippen molar-refractivity contribution < 1.29 is 29.2 Å². The number of rotatable bonds is 5. The number of nitrogens with zero attached hydrogens (tertiary/aromatic N) is 3. The molecule has 0 unspecified atom stereocenters. The lowest BCUT2D eigenvalue weighted by molar-refractivity contribution is 0.0256. The Morgan fingerprint density at radius 1 is 0.708 bits per heavy atom. The monoisotopic (exact) mass is 651 g/mol. The van der Waals surface area contributed by atoms with Gasteiger partial charge >= 0.3 is 0 Å². The zero-order chi connectivity index (χ0) is 33.1. The summed E-state index contributed by atoms with van der Waals surface area (Å²) in [6, 6.07) is 17.1. The summed E-state index contributed by atoms with van der Waals surface area (Å²) in [4.78, 5) is 30.0. The van der Waals surface area contributed by atoms with Crippen LogP contribution in [0.1, 0.15) is 31.7 Å². The standard InChI is InChI=1S/C37H34FN3O7/c38-32-16-24(44)18-34-35(32)29-6-3-26(48-25-9-13-47-14-10-25)19-31(29)36(45)40(34)20-39-11-7-21(8-12-39)41-33-17-23(43)2-5-28(33)27-4-1-22(42)15-30(27)37(41)46/h1-6,15-19,21,25,42-44H,7-14,20H2. The summed E-state index contributed by atoms with van der Waals surface area (Å²) < 4.78 is 30.3. The third-order valence-electron chi connectivity index (χ3n) is 9.80. The van der Waals surface area contributed by atoms with Gasteiger partial charge in [0.05, 0.1) is 41.7 Å². The molecule has 0 atom stereocenters. The van der Waals surface area contributed by atoms with Crippen LogP contribution >= 0.6 is 0 Å². The summed E-state index contributed by atoms with van der Waals surface area (Å²) >= 11 is 0. The number of halogens is 1. The van der Waals surface area contributed by atoms with Crippen molar-refractivity contribution >= 4 is 43.4 Å². The minimum absolute atomic E-state index is 0.00288. The molecule has 0 radical (unpaired) electrons. The Labute approximate surface area is 273 Å². The lowest BCUT2D eigenvalue weighted by Gasteiger charge is -2.34. The molecule has 0 saturated carbocycles. The molecule has 0 aliphatic carbocycles. The molecule has 4 heterocycles. The first-order valence-electron chi connectivity index (χ1n) is 16.2. The van der Waals surface area contributed by atoms with E-state index < -0.39 is 5.82 Å². The van der Waals surface area contributed by atoms with E-state index in [-0.39, 0.29) is 58.1 Å². The average Bonchev–Trinajstić information content (AvgIpc) is 3.07. The van der Waals surface area contributed by atoms with Gasteiger partial charge in [-0.3, -0.25) is 19.1 Å². The van der Waals surface area contributed by atoms with Gasteiger partial charge in [0, 0.05) is 60.9 Å². The molecular formula is C37H34FN3O7. The summed E-state index contributed by atoms with van der Waals surface area (Å²) in [6.45, 7) is 2.41. The maximum Gasteiger partial charge on any atom is 0.260 e. The number of ether oxygens (including phenoxy) is 2. The number of aromatic hydroxyl groups is 3. The number of aromatic nitrogens is 2. The van der Waals surface area contributed by atoms with Crippen LogP contribution in [0, 0.1) is 5.82 Å². The van der Waals surface area contributed by atoms with E-state index in [1.165, 1.54) is 16.7 Å². The number of hydrogen-bond donors (Lipinski definition) is 3. The van der Waals surface area contributed by atoms with Crippen molar-refractivity contribution in [1.82, 2.24) is 14.0 Å². The first kappa shape index (κ1) is 30.2. The highest BCUT2D eigenvalue weighted by molar-refractivity contribution is 6.07. The Hall–Kier alpha value is -5.13. The zero-order valence-corrected chi connectivity index (χ0v) is 26.1. The Bertz CT molecular complexity index is 2360. The predicted octanol–water partition coefficient (Wildman–Crippen LogP) is 5.73. The Balaban J connectivity index is 1.14. The predicted molar refractivity (Wildman–Crippen MR) is 181 cm³/mol. The minimum Gasteiger partial charge on any atom is -0.508 e. The average molecular weight is 652 g/mol. The maximum absolute atomic E-state index is 15.5. The number of likely N-dealkylation sites (tertiary alicyclic amines) is 1. The second kappa shape index (κ2) is 11.8. The van der Waals surface area contributed by atoms with Crippen molar-refractivity contribution in [3.63, 3.8) is 0 Å². The third-order valence-corrected chi connectivity index (χ3v) is 9.80. The van der Waals surface area contributed by atoms with Gasteiger partial charge in [-0.2, -0.15) is 0 Å². The molecule has 2 aromatic heterocycles. The molecule has 2 saturated heterocycles. The molecule has 2 aliphatic rings. The fourth-order valence-corrected chi connectivity index (χ4v) is 7.44. The van der Waals surface area contributed by atoms with Crippen LogP contribution in [0.25, 0.3) is 43.4 Å². The molecular weight excluding hydrogens is 617 g/mol. The van der Waals surface area contributed by atoms with Crippen LogP contribution < -0.4 is 15.9 Å². The normalized spacial score (nSPS) is 16.8. The van der Waals surface area contributed by atoms with Gasteiger partial charge in [-0.05, 0) is 72.1 Å². The highest BCUT2D eigenvalue weighted by Crippen LogP contribution is 2.34. The SMILES string of the molecule is O=c1c2cc(OC3CCOCC3)ccc2c2c(F)cc(O)cc2n1CN1CCC(n2c(=O)c3cc(O)ccc3c3ccc(O)cc32)CC1. The lowest BCUT2D eigenvalue weighted by Crippen LogP contribution is -2.40. The second-order valence-electron chi connectivity index (χ2n) is 12.8.